The number of aliphatic hydroxyl groups excluding tert-OH is 1. The van der Waals surface area contributed by atoms with Crippen LogP contribution in [-0.2, 0) is 17.9 Å². The van der Waals surface area contributed by atoms with Gasteiger partial charge in [-0.15, -0.1) is 0 Å². The minimum Gasteiger partial charge on any atom is -0.454 e. The third kappa shape index (κ3) is 4.95. The fraction of sp³-hybridized carbons (Fsp3) is 0.400. The van der Waals surface area contributed by atoms with Gasteiger partial charge in [0.05, 0.1) is 20.3 Å². The summed E-state index contributed by atoms with van der Waals surface area (Å²) in [4.78, 5) is 1.26. The Hall–Kier alpha value is -2.08. The first-order valence-corrected chi connectivity index (χ1v) is 8.62. The maximum absolute atomic E-state index is 10.2. The lowest BCUT2D eigenvalue weighted by molar-refractivity contribution is -0.897. The summed E-state index contributed by atoms with van der Waals surface area (Å²) < 4.78 is 16.3. The first kappa shape index (κ1) is 17.7. The molecule has 5 heteroatoms. The van der Waals surface area contributed by atoms with Gasteiger partial charge in [0.25, 0.3) is 0 Å². The van der Waals surface area contributed by atoms with Gasteiger partial charge in [0.1, 0.15) is 19.2 Å². The Bertz CT molecular complexity index is 704. The van der Waals surface area contributed by atoms with Gasteiger partial charge in [-0.1, -0.05) is 30.3 Å². The number of likely N-dealkylation sites (N-methyl/N-ethyl adjacent to an activating group) is 1. The van der Waals surface area contributed by atoms with Crippen molar-refractivity contribution in [2.24, 2.45) is 0 Å². The van der Waals surface area contributed by atoms with E-state index in [0.29, 0.717) is 19.8 Å². The largest absolute Gasteiger partial charge is 0.454 e. The topological polar surface area (TPSA) is 52.4 Å². The monoisotopic (exact) mass is 344 g/mol. The Morgan fingerprint density at radius 2 is 1.96 bits per heavy atom. The predicted molar refractivity (Wildman–Crippen MR) is 94.9 cm³/mol. The van der Waals surface area contributed by atoms with Crippen LogP contribution in [0.2, 0.25) is 0 Å². The molecule has 3 rings (SSSR count). The molecule has 25 heavy (non-hydrogen) atoms. The summed E-state index contributed by atoms with van der Waals surface area (Å²) in [6.07, 6.45) is -0.488. The number of aliphatic hydroxyl groups is 1. The van der Waals surface area contributed by atoms with Crippen molar-refractivity contribution >= 4 is 0 Å². The van der Waals surface area contributed by atoms with Gasteiger partial charge >= 0.3 is 0 Å². The van der Waals surface area contributed by atoms with E-state index in [1.165, 1.54) is 16.0 Å². The Morgan fingerprint density at radius 3 is 2.80 bits per heavy atom. The molecule has 134 valence electrons. The average molecular weight is 344 g/mol. The van der Waals surface area contributed by atoms with Gasteiger partial charge in [-0.3, -0.25) is 0 Å². The van der Waals surface area contributed by atoms with Gasteiger partial charge in [-0.05, 0) is 30.2 Å². The third-order valence-corrected chi connectivity index (χ3v) is 4.35. The third-order valence-electron chi connectivity index (χ3n) is 4.35. The van der Waals surface area contributed by atoms with Crippen molar-refractivity contribution < 1.29 is 24.2 Å². The lowest BCUT2D eigenvalue weighted by Crippen LogP contribution is -3.09. The number of nitrogens with one attached hydrogen (secondary N) is 1. The summed E-state index contributed by atoms with van der Waals surface area (Å²) in [5, 5.41) is 10.2. The zero-order valence-corrected chi connectivity index (χ0v) is 14.8. The summed E-state index contributed by atoms with van der Waals surface area (Å²) in [6, 6.07) is 14.1. The van der Waals surface area contributed by atoms with E-state index in [9.17, 15) is 5.11 Å². The van der Waals surface area contributed by atoms with Crippen LogP contribution in [0, 0.1) is 6.92 Å². The van der Waals surface area contributed by atoms with Crippen LogP contribution in [0.5, 0.6) is 11.5 Å². The highest BCUT2D eigenvalue weighted by atomic mass is 16.7. The van der Waals surface area contributed by atoms with Gasteiger partial charge in [0.15, 0.2) is 11.5 Å². The van der Waals surface area contributed by atoms with Gasteiger partial charge < -0.3 is 24.2 Å². The van der Waals surface area contributed by atoms with E-state index in [0.717, 1.165) is 23.6 Å². The second kappa shape index (κ2) is 8.34. The van der Waals surface area contributed by atoms with Crippen molar-refractivity contribution in [3.8, 4) is 11.5 Å². The highest BCUT2D eigenvalue weighted by Gasteiger charge is 2.15. The van der Waals surface area contributed by atoms with Crippen molar-refractivity contribution in [3.63, 3.8) is 0 Å². The molecule has 1 aliphatic rings. The molecule has 0 aliphatic carbocycles. The van der Waals surface area contributed by atoms with Crippen LogP contribution < -0.4 is 14.4 Å². The van der Waals surface area contributed by atoms with Crippen LogP contribution in [-0.4, -0.2) is 38.2 Å². The molecule has 0 fully saturated rings. The van der Waals surface area contributed by atoms with E-state index >= 15 is 0 Å². The van der Waals surface area contributed by atoms with Crippen LogP contribution in [0.25, 0.3) is 0 Å². The zero-order valence-electron chi connectivity index (χ0n) is 14.8. The maximum Gasteiger partial charge on any atom is 0.231 e. The molecule has 5 nitrogen and oxygen atoms in total. The summed E-state index contributed by atoms with van der Waals surface area (Å²) in [6.45, 7) is 4.70. The number of fused-ring (bicyclic) bond motifs is 1. The summed E-state index contributed by atoms with van der Waals surface area (Å²) in [7, 11) is 2.09. The maximum atomic E-state index is 10.2. The fourth-order valence-electron chi connectivity index (χ4n) is 3.01. The molecule has 1 aliphatic heterocycles. The van der Waals surface area contributed by atoms with Crippen LogP contribution in [0.1, 0.15) is 16.7 Å². The highest BCUT2D eigenvalue weighted by Crippen LogP contribution is 2.32. The Balaban J connectivity index is 1.40. The molecule has 0 saturated carbocycles. The Kier molecular flexibility index (Phi) is 5.91. The first-order valence-electron chi connectivity index (χ1n) is 8.62. The van der Waals surface area contributed by atoms with Crippen molar-refractivity contribution in [3.05, 3.63) is 59.2 Å². The average Bonchev–Trinajstić information content (AvgIpc) is 3.04. The Labute approximate surface area is 148 Å². The molecule has 0 radical (unpaired) electrons. The van der Waals surface area contributed by atoms with Crippen molar-refractivity contribution in [1.82, 2.24) is 0 Å². The number of aryl methyl sites for hydroxylation is 1. The van der Waals surface area contributed by atoms with Crippen LogP contribution in [0.4, 0.5) is 0 Å². The zero-order chi connectivity index (χ0) is 17.6. The first-order chi connectivity index (χ1) is 12.1. The number of hydrogen-bond acceptors (Lipinski definition) is 4. The lowest BCUT2D eigenvalue weighted by atomic mass is 10.1. The highest BCUT2D eigenvalue weighted by molar-refractivity contribution is 5.44. The van der Waals surface area contributed by atoms with E-state index in [2.05, 4.69) is 32.2 Å². The van der Waals surface area contributed by atoms with Crippen LogP contribution >= 0.6 is 0 Å². The Morgan fingerprint density at radius 1 is 1.16 bits per heavy atom. The van der Waals surface area contributed by atoms with Crippen molar-refractivity contribution in [1.29, 1.82) is 0 Å². The summed E-state index contributed by atoms with van der Waals surface area (Å²) in [5.41, 5.74) is 3.61. The molecular weight excluding hydrogens is 318 g/mol. The summed E-state index contributed by atoms with van der Waals surface area (Å²) >= 11 is 0. The number of quaternary nitrogens is 1. The number of ether oxygens (including phenoxy) is 3. The summed E-state index contributed by atoms with van der Waals surface area (Å²) in [5.74, 6) is 1.52. The SMILES string of the molecule is Cc1ccccc1C[NH+](C)C[C@@H](O)COCc1ccc2c(c1)OCO2. The van der Waals surface area contributed by atoms with Gasteiger partial charge in [0.2, 0.25) is 6.79 Å². The number of benzene rings is 2. The molecule has 1 unspecified atom stereocenters. The van der Waals surface area contributed by atoms with Gasteiger partial charge in [-0.25, -0.2) is 0 Å². The van der Waals surface area contributed by atoms with E-state index in [1.807, 2.05) is 24.3 Å². The molecule has 0 amide bonds. The number of hydrogen-bond donors (Lipinski definition) is 2. The van der Waals surface area contributed by atoms with E-state index in [-0.39, 0.29) is 6.79 Å². The van der Waals surface area contributed by atoms with E-state index in [4.69, 9.17) is 14.2 Å². The van der Waals surface area contributed by atoms with Crippen LogP contribution in [0.15, 0.2) is 42.5 Å². The second-order valence-electron chi connectivity index (χ2n) is 6.62. The van der Waals surface area contributed by atoms with Crippen molar-refractivity contribution in [2.45, 2.75) is 26.2 Å². The quantitative estimate of drug-likeness (QED) is 0.758. The predicted octanol–water partition coefficient (Wildman–Crippen LogP) is 1.32. The molecule has 2 N–H and O–H groups in total. The fourth-order valence-corrected chi connectivity index (χ4v) is 3.01. The van der Waals surface area contributed by atoms with E-state index < -0.39 is 6.10 Å². The molecule has 0 saturated heterocycles. The number of rotatable bonds is 8. The van der Waals surface area contributed by atoms with Crippen LogP contribution in [0.3, 0.4) is 0 Å². The molecule has 2 aromatic carbocycles. The molecule has 1 heterocycles. The normalized spacial score (nSPS) is 15.2. The molecule has 0 bridgehead atoms. The van der Waals surface area contributed by atoms with Gasteiger partial charge in [-0.2, -0.15) is 0 Å². The minimum absolute atomic E-state index is 0.272. The smallest absolute Gasteiger partial charge is 0.231 e. The molecule has 2 aromatic rings. The molecule has 2 atom stereocenters. The second-order valence-corrected chi connectivity index (χ2v) is 6.62. The van der Waals surface area contributed by atoms with Crippen molar-refractivity contribution in [2.75, 3.05) is 27.0 Å². The molecule has 0 aromatic heterocycles. The minimum atomic E-state index is -0.488. The lowest BCUT2D eigenvalue weighted by Gasteiger charge is -2.19. The molecular formula is C20H26NO4+. The standard InChI is InChI=1S/C20H25NO4/c1-15-5-3-4-6-17(15)10-21(2)11-18(22)13-23-12-16-7-8-19-20(9-16)25-14-24-19/h3-9,18,22H,10-14H2,1-2H3/p+1/t18-/m1/s1. The molecule has 0 spiro atoms. The van der Waals surface area contributed by atoms with Gasteiger partial charge in [0, 0.05) is 5.56 Å². The van der Waals surface area contributed by atoms with E-state index in [1.54, 1.807) is 0 Å².